The van der Waals surface area contributed by atoms with Crippen LogP contribution < -0.4 is 14.8 Å². The number of nitrogens with one attached hydrogen (secondary N) is 1. The topological polar surface area (TPSA) is 50.7 Å². The van der Waals surface area contributed by atoms with Crippen molar-refractivity contribution >= 4 is 5.69 Å². The molecule has 0 amide bonds. The molecule has 1 aliphatic heterocycles. The molecule has 0 fully saturated rings. The highest BCUT2D eigenvalue weighted by Crippen LogP contribution is 2.42. The minimum atomic E-state index is 0.212. The summed E-state index contributed by atoms with van der Waals surface area (Å²) in [7, 11) is 3.31. The maximum absolute atomic E-state index is 9.11. The molecule has 1 aliphatic rings. The Bertz CT molecular complexity index is 392. The van der Waals surface area contributed by atoms with Gasteiger partial charge in [-0.15, -0.1) is 0 Å². The lowest BCUT2D eigenvalue weighted by molar-refractivity contribution is 0.272. The van der Waals surface area contributed by atoms with Gasteiger partial charge in [0.1, 0.15) is 11.5 Å². The molecule has 4 nitrogen and oxygen atoms in total. The van der Waals surface area contributed by atoms with Crippen LogP contribution in [0.4, 0.5) is 5.69 Å². The Hall–Kier alpha value is -1.42. The molecule has 2 N–H and O–H groups in total. The number of ether oxygens (including phenoxy) is 2. The van der Waals surface area contributed by atoms with Gasteiger partial charge in [0.05, 0.1) is 19.9 Å². The molecule has 94 valence electrons. The van der Waals surface area contributed by atoms with Gasteiger partial charge in [0.25, 0.3) is 0 Å². The fourth-order valence-electron chi connectivity index (χ4n) is 2.38. The number of methoxy groups -OCH3 is 2. The first-order chi connectivity index (χ1) is 8.30. The highest BCUT2D eigenvalue weighted by atomic mass is 16.5. The van der Waals surface area contributed by atoms with Crippen molar-refractivity contribution in [2.24, 2.45) is 0 Å². The first-order valence-corrected chi connectivity index (χ1v) is 5.90. The quantitative estimate of drug-likeness (QED) is 0.840. The van der Waals surface area contributed by atoms with Gasteiger partial charge in [0, 0.05) is 19.2 Å². The molecule has 17 heavy (non-hydrogen) atoms. The summed E-state index contributed by atoms with van der Waals surface area (Å²) >= 11 is 0. The normalized spacial score (nSPS) is 18.2. The van der Waals surface area contributed by atoms with Gasteiger partial charge in [-0.2, -0.15) is 0 Å². The smallest absolute Gasteiger partial charge is 0.145 e. The van der Waals surface area contributed by atoms with Crippen LogP contribution in [0.15, 0.2) is 12.1 Å². The maximum Gasteiger partial charge on any atom is 0.145 e. The van der Waals surface area contributed by atoms with Crippen molar-refractivity contribution < 1.29 is 14.6 Å². The first kappa shape index (κ1) is 12.0. The fourth-order valence-corrected chi connectivity index (χ4v) is 2.38. The SMILES string of the molecule is COc1cc(OC)c2c(c1)C(CCO)CCN2. The van der Waals surface area contributed by atoms with E-state index >= 15 is 0 Å². The average molecular weight is 237 g/mol. The lowest BCUT2D eigenvalue weighted by Gasteiger charge is -2.28. The van der Waals surface area contributed by atoms with E-state index in [1.165, 1.54) is 5.56 Å². The fraction of sp³-hybridized carbons (Fsp3) is 0.538. The minimum absolute atomic E-state index is 0.212. The summed E-state index contributed by atoms with van der Waals surface area (Å²) in [6.45, 7) is 1.13. The van der Waals surface area contributed by atoms with Gasteiger partial charge in [-0.3, -0.25) is 0 Å². The largest absolute Gasteiger partial charge is 0.497 e. The molecule has 1 atom stereocenters. The zero-order valence-corrected chi connectivity index (χ0v) is 10.3. The second-order valence-electron chi connectivity index (χ2n) is 4.22. The predicted molar refractivity (Wildman–Crippen MR) is 67.1 cm³/mol. The molecule has 2 rings (SSSR count). The van der Waals surface area contributed by atoms with Gasteiger partial charge in [-0.1, -0.05) is 0 Å². The maximum atomic E-state index is 9.11. The van der Waals surface area contributed by atoms with Crippen LogP contribution >= 0.6 is 0 Å². The molecule has 0 saturated carbocycles. The second-order valence-corrected chi connectivity index (χ2v) is 4.22. The summed E-state index contributed by atoms with van der Waals surface area (Å²) in [5, 5.41) is 12.5. The van der Waals surface area contributed by atoms with Gasteiger partial charge in [-0.05, 0) is 30.4 Å². The molecule has 0 aliphatic carbocycles. The van der Waals surface area contributed by atoms with Crippen LogP contribution in [0.25, 0.3) is 0 Å². The van der Waals surface area contributed by atoms with E-state index in [0.29, 0.717) is 5.92 Å². The standard InChI is InChI=1S/C13H19NO3/c1-16-10-7-11-9(4-6-15)3-5-14-13(11)12(8-10)17-2/h7-9,14-15H,3-6H2,1-2H3. The van der Waals surface area contributed by atoms with E-state index in [-0.39, 0.29) is 6.61 Å². The number of aliphatic hydroxyl groups is 1. The van der Waals surface area contributed by atoms with Crippen LogP contribution in [0, 0.1) is 0 Å². The highest BCUT2D eigenvalue weighted by Gasteiger charge is 2.23. The Morgan fingerprint density at radius 3 is 2.82 bits per heavy atom. The van der Waals surface area contributed by atoms with Crippen LogP contribution in [-0.2, 0) is 0 Å². The van der Waals surface area contributed by atoms with E-state index in [2.05, 4.69) is 5.32 Å². The lowest BCUT2D eigenvalue weighted by atomic mass is 9.88. The van der Waals surface area contributed by atoms with Gasteiger partial charge >= 0.3 is 0 Å². The van der Waals surface area contributed by atoms with Crippen LogP contribution in [0.5, 0.6) is 11.5 Å². The van der Waals surface area contributed by atoms with E-state index in [1.54, 1.807) is 14.2 Å². The van der Waals surface area contributed by atoms with Crippen molar-refractivity contribution in [3.05, 3.63) is 17.7 Å². The summed E-state index contributed by atoms with van der Waals surface area (Å²) < 4.78 is 10.7. The first-order valence-electron chi connectivity index (χ1n) is 5.90. The molecule has 4 heteroatoms. The van der Waals surface area contributed by atoms with Crippen molar-refractivity contribution in [2.75, 3.05) is 32.7 Å². The lowest BCUT2D eigenvalue weighted by Crippen LogP contribution is -2.18. The number of hydrogen-bond donors (Lipinski definition) is 2. The number of aliphatic hydroxyl groups excluding tert-OH is 1. The molecule has 0 saturated heterocycles. The minimum Gasteiger partial charge on any atom is -0.497 e. The van der Waals surface area contributed by atoms with Gasteiger partial charge < -0.3 is 19.9 Å². The molecule has 1 aromatic rings. The molecule has 1 aromatic carbocycles. The van der Waals surface area contributed by atoms with Crippen LogP contribution in [-0.4, -0.2) is 32.5 Å². The van der Waals surface area contributed by atoms with Crippen LogP contribution in [0.1, 0.15) is 24.3 Å². The van der Waals surface area contributed by atoms with Crippen LogP contribution in [0.2, 0.25) is 0 Å². The zero-order valence-electron chi connectivity index (χ0n) is 10.3. The predicted octanol–water partition coefficient (Wildman–Crippen LogP) is 1.99. The van der Waals surface area contributed by atoms with E-state index in [9.17, 15) is 0 Å². The Labute approximate surface area is 102 Å². The average Bonchev–Trinajstić information content (AvgIpc) is 2.38. The highest BCUT2D eigenvalue weighted by molar-refractivity contribution is 5.67. The van der Waals surface area contributed by atoms with Gasteiger partial charge in [-0.25, -0.2) is 0 Å². The third-order valence-corrected chi connectivity index (χ3v) is 3.27. The summed E-state index contributed by atoms with van der Waals surface area (Å²) in [6.07, 6.45) is 1.81. The second kappa shape index (κ2) is 5.27. The monoisotopic (exact) mass is 237 g/mol. The number of fused-ring (bicyclic) bond motifs is 1. The molecule has 0 aromatic heterocycles. The molecular weight excluding hydrogens is 218 g/mol. The molecular formula is C13H19NO3. The van der Waals surface area contributed by atoms with Gasteiger partial charge in [0.15, 0.2) is 0 Å². The Morgan fingerprint density at radius 2 is 2.18 bits per heavy atom. The third kappa shape index (κ3) is 2.31. The van der Waals surface area contributed by atoms with E-state index < -0.39 is 0 Å². The van der Waals surface area contributed by atoms with E-state index in [4.69, 9.17) is 14.6 Å². The number of rotatable bonds is 4. The summed E-state index contributed by atoms with van der Waals surface area (Å²) in [4.78, 5) is 0. The Balaban J connectivity index is 2.43. The summed E-state index contributed by atoms with van der Waals surface area (Å²) in [6, 6.07) is 3.91. The van der Waals surface area contributed by atoms with Gasteiger partial charge in [0.2, 0.25) is 0 Å². The molecule has 0 radical (unpaired) electrons. The molecule has 0 bridgehead atoms. The van der Waals surface area contributed by atoms with Crippen molar-refractivity contribution in [1.29, 1.82) is 0 Å². The number of anilines is 1. The summed E-state index contributed by atoms with van der Waals surface area (Å²) in [5.74, 6) is 1.98. The van der Waals surface area contributed by atoms with E-state index in [0.717, 1.165) is 36.6 Å². The molecule has 1 unspecified atom stereocenters. The third-order valence-electron chi connectivity index (χ3n) is 3.27. The van der Waals surface area contributed by atoms with E-state index in [1.807, 2.05) is 12.1 Å². The van der Waals surface area contributed by atoms with Crippen molar-refractivity contribution in [2.45, 2.75) is 18.8 Å². The Morgan fingerprint density at radius 1 is 1.35 bits per heavy atom. The zero-order chi connectivity index (χ0) is 12.3. The van der Waals surface area contributed by atoms with Crippen molar-refractivity contribution in [3.8, 4) is 11.5 Å². The van der Waals surface area contributed by atoms with Crippen molar-refractivity contribution in [1.82, 2.24) is 0 Å². The summed E-state index contributed by atoms with van der Waals surface area (Å²) in [5.41, 5.74) is 2.22. The van der Waals surface area contributed by atoms with Crippen LogP contribution in [0.3, 0.4) is 0 Å². The number of hydrogen-bond acceptors (Lipinski definition) is 4. The Kier molecular flexibility index (Phi) is 3.74. The number of benzene rings is 1. The molecule has 0 spiro atoms. The molecule has 1 heterocycles. The van der Waals surface area contributed by atoms with Crippen molar-refractivity contribution in [3.63, 3.8) is 0 Å².